The maximum atomic E-state index is 2.94. The zero-order valence-electron chi connectivity index (χ0n) is 12.6. The molecule has 4 bridgehead atoms. The lowest BCUT2D eigenvalue weighted by Crippen LogP contribution is -2.52. The molecule has 0 aliphatic heterocycles. The molecule has 0 nitrogen and oxygen atoms in total. The first-order valence-electron chi connectivity index (χ1n) is 10.3. The number of rotatable bonds is 0. The Morgan fingerprint density at radius 1 is 0.571 bits per heavy atom. The molecule has 18 atom stereocenters. The van der Waals surface area contributed by atoms with E-state index in [9.17, 15) is 0 Å². The smallest absolute Gasteiger partial charge is 0.0111 e. The highest BCUT2D eigenvalue weighted by Crippen LogP contribution is 3.13. The minimum atomic E-state index is 0.898. The van der Waals surface area contributed by atoms with E-state index in [1.165, 1.54) is 88.8 Å². The van der Waals surface area contributed by atoms with Crippen LogP contribution in [0.25, 0.3) is 0 Å². The predicted octanol–water partition coefficient (Wildman–Crippen LogP) is 3.14. The molecular weight excluding hydrogens is 252 g/mol. The minimum absolute atomic E-state index is 0.898. The highest BCUT2D eigenvalue weighted by atomic mass is 15.1. The summed E-state index contributed by atoms with van der Waals surface area (Å²) in [5, 5.41) is 0. The summed E-state index contributed by atoms with van der Waals surface area (Å²) in [7, 11) is 0. The Morgan fingerprint density at radius 3 is 1.67 bits per heavy atom. The average molecular weight is 274 g/mol. The Kier molecular flexibility index (Phi) is 0.711. The van der Waals surface area contributed by atoms with Crippen LogP contribution in [0.2, 0.25) is 0 Å². The summed E-state index contributed by atoms with van der Waals surface area (Å²) >= 11 is 0. The van der Waals surface area contributed by atoms with Gasteiger partial charge in [-0.3, -0.25) is 0 Å². The molecule has 0 aromatic carbocycles. The van der Waals surface area contributed by atoms with Gasteiger partial charge in [-0.2, -0.15) is 0 Å². The molecule has 106 valence electrons. The number of hydrogen-bond acceptors (Lipinski definition) is 0. The highest BCUT2D eigenvalue weighted by molar-refractivity contribution is 5.56. The van der Waals surface area contributed by atoms with Gasteiger partial charge in [0.2, 0.25) is 0 Å². The monoisotopic (exact) mass is 274 g/mol. The van der Waals surface area contributed by atoms with Crippen LogP contribution < -0.4 is 0 Å². The zero-order chi connectivity index (χ0) is 12.6. The van der Waals surface area contributed by atoms with E-state index in [2.05, 4.69) is 6.92 Å². The van der Waals surface area contributed by atoms with Gasteiger partial charge in [-0.1, -0.05) is 6.92 Å². The third-order valence-electron chi connectivity index (χ3n) is 14.4. The van der Waals surface area contributed by atoms with Crippen LogP contribution in [0.1, 0.15) is 19.8 Å². The largest absolute Gasteiger partial charge is 0.0585 e. The van der Waals surface area contributed by atoms with Crippen molar-refractivity contribution >= 4 is 0 Å². The summed E-state index contributed by atoms with van der Waals surface area (Å²) in [6, 6.07) is 0. The van der Waals surface area contributed by atoms with E-state index in [1.807, 2.05) is 0 Å². The Bertz CT molecular complexity index is 721. The topological polar surface area (TPSA) is 0 Å². The molecule has 0 saturated heterocycles. The first-order valence-corrected chi connectivity index (χ1v) is 10.3. The molecule has 0 heterocycles. The van der Waals surface area contributed by atoms with Crippen LogP contribution in [0.4, 0.5) is 0 Å². The Labute approximate surface area is 125 Å². The van der Waals surface area contributed by atoms with E-state index in [0.29, 0.717) is 0 Å². The van der Waals surface area contributed by atoms with Crippen molar-refractivity contribution in [2.75, 3.05) is 0 Å². The van der Waals surface area contributed by atoms with E-state index >= 15 is 0 Å². The molecule has 0 N–H and O–H groups in total. The molecule has 12 aliphatic carbocycles. The standard InChI is InChI=1S/C21H22/c1-19-16-10-6-2-4-8(10)12-14(16)15-13-9-5-3-7(11(9)17(15)19)21(6,19)20(4,5)18(12)13/h4-18H,2-3H2,1H3/t4-,5+,6-,7+,8+,9-,10-,11-,12+,13+,14+,15+,16+,17+,18?,19?,20?,21?/m1/s1. The van der Waals surface area contributed by atoms with Crippen LogP contribution in [0.5, 0.6) is 0 Å². The van der Waals surface area contributed by atoms with Crippen molar-refractivity contribution in [1.29, 1.82) is 0 Å². The summed E-state index contributed by atoms with van der Waals surface area (Å²) < 4.78 is 0. The predicted molar refractivity (Wildman–Crippen MR) is 74.6 cm³/mol. The maximum absolute atomic E-state index is 2.94. The molecular formula is C21H22. The van der Waals surface area contributed by atoms with Crippen molar-refractivity contribution in [2.45, 2.75) is 19.8 Å². The molecule has 12 saturated carbocycles. The maximum Gasteiger partial charge on any atom is -0.0111 e. The lowest BCUT2D eigenvalue weighted by atomic mass is 9.49. The van der Waals surface area contributed by atoms with E-state index in [-0.39, 0.29) is 0 Å². The first-order chi connectivity index (χ1) is 10.3. The first kappa shape index (κ1) is 8.74. The fourth-order valence-corrected chi connectivity index (χ4v) is 16.8. The van der Waals surface area contributed by atoms with Crippen molar-refractivity contribution in [3.05, 3.63) is 0 Å². The van der Waals surface area contributed by atoms with Gasteiger partial charge in [-0.15, -0.1) is 0 Å². The third kappa shape index (κ3) is 0.350. The molecule has 0 aromatic heterocycles. The van der Waals surface area contributed by atoms with Gasteiger partial charge in [-0.25, -0.2) is 0 Å². The van der Waals surface area contributed by atoms with Crippen LogP contribution in [0.15, 0.2) is 0 Å². The van der Waals surface area contributed by atoms with E-state index in [0.717, 1.165) is 16.2 Å². The summed E-state index contributed by atoms with van der Waals surface area (Å²) in [6.45, 7) is 2.94. The van der Waals surface area contributed by atoms with Crippen LogP contribution in [0, 0.1) is 105 Å². The second-order valence-electron chi connectivity index (χ2n) is 12.2. The Hall–Kier alpha value is 0. The van der Waals surface area contributed by atoms with Crippen LogP contribution >= 0.6 is 0 Å². The van der Waals surface area contributed by atoms with Gasteiger partial charge >= 0.3 is 0 Å². The van der Waals surface area contributed by atoms with Crippen LogP contribution in [-0.2, 0) is 0 Å². The highest BCUT2D eigenvalue weighted by Gasteiger charge is 3.10. The van der Waals surface area contributed by atoms with Crippen molar-refractivity contribution in [3.8, 4) is 0 Å². The fraction of sp³-hybridized carbons (Fsp3) is 1.00. The van der Waals surface area contributed by atoms with Crippen molar-refractivity contribution < 1.29 is 0 Å². The van der Waals surface area contributed by atoms with Gasteiger partial charge in [0, 0.05) is 0 Å². The molecule has 0 amide bonds. The van der Waals surface area contributed by atoms with E-state index in [1.54, 1.807) is 12.8 Å². The lowest BCUT2D eigenvalue weighted by Gasteiger charge is -2.55. The molecule has 12 fully saturated rings. The average Bonchev–Trinajstić information content (AvgIpc) is 3.11. The summed E-state index contributed by atoms with van der Waals surface area (Å²) in [6.07, 6.45) is 3.52. The van der Waals surface area contributed by atoms with Crippen LogP contribution in [0.3, 0.4) is 0 Å². The quantitative estimate of drug-likeness (QED) is 0.636. The van der Waals surface area contributed by atoms with Crippen molar-refractivity contribution in [1.82, 2.24) is 0 Å². The van der Waals surface area contributed by atoms with Gasteiger partial charge in [0.25, 0.3) is 0 Å². The molecule has 12 rings (SSSR count). The van der Waals surface area contributed by atoms with Gasteiger partial charge in [-0.05, 0) is 118 Å². The van der Waals surface area contributed by atoms with Crippen molar-refractivity contribution in [3.63, 3.8) is 0 Å². The second kappa shape index (κ2) is 1.71. The molecule has 12 aliphatic rings. The molecule has 0 radical (unpaired) electrons. The molecule has 4 unspecified atom stereocenters. The van der Waals surface area contributed by atoms with Crippen molar-refractivity contribution in [2.24, 2.45) is 105 Å². The normalized spacial score (nSPS) is 107. The number of hydrogen-bond donors (Lipinski definition) is 0. The second-order valence-corrected chi connectivity index (χ2v) is 12.2. The minimum Gasteiger partial charge on any atom is -0.0585 e. The fourth-order valence-electron chi connectivity index (χ4n) is 16.8. The van der Waals surface area contributed by atoms with Gasteiger partial charge in [0.05, 0.1) is 0 Å². The van der Waals surface area contributed by atoms with E-state index < -0.39 is 0 Å². The lowest BCUT2D eigenvalue weighted by molar-refractivity contribution is -0.0913. The Morgan fingerprint density at radius 2 is 1.10 bits per heavy atom. The molecule has 0 aromatic rings. The van der Waals surface area contributed by atoms with Gasteiger partial charge < -0.3 is 0 Å². The van der Waals surface area contributed by atoms with Gasteiger partial charge in [0.1, 0.15) is 0 Å². The Balaban J connectivity index is 1.58. The zero-order valence-corrected chi connectivity index (χ0v) is 12.6. The SMILES string of the molecule is CC12[C@H]3[C@H]4[C@H]5[C@@H]6C7[C@@H]8[C@@H]([C@H]63)[C@@H]1[C@H]1[C@H]8[C@@H]3C[C@@H]1C21[C@@H]4C[C@H]5C731. The summed E-state index contributed by atoms with van der Waals surface area (Å²) in [5.41, 5.74) is 2.87. The third-order valence-corrected chi connectivity index (χ3v) is 14.4. The summed E-state index contributed by atoms with van der Waals surface area (Å²) in [5.74, 6) is 19.4. The van der Waals surface area contributed by atoms with Crippen LogP contribution in [-0.4, -0.2) is 0 Å². The molecule has 21 heavy (non-hydrogen) atoms. The van der Waals surface area contributed by atoms with E-state index in [4.69, 9.17) is 0 Å². The molecule has 0 heteroatoms. The molecule has 2 spiro atoms. The van der Waals surface area contributed by atoms with Gasteiger partial charge in [0.15, 0.2) is 0 Å². The summed E-state index contributed by atoms with van der Waals surface area (Å²) in [4.78, 5) is 0.